The van der Waals surface area contributed by atoms with Crippen LogP contribution in [0, 0.1) is 13.8 Å². The third-order valence-corrected chi connectivity index (χ3v) is 13.4. The molecule has 0 bridgehead atoms. The smallest absolute Gasteiger partial charge is 0.469 e. The molecule has 1 atom stereocenters. The van der Waals surface area contributed by atoms with E-state index in [1.165, 1.54) is 14.2 Å². The maximum Gasteiger partial charge on any atom is 0.553 e. The summed E-state index contributed by atoms with van der Waals surface area (Å²) in [5.74, 6) is -2.81. The molecule has 8 rings (SSSR count). The number of rotatable bonds is 20. The van der Waals surface area contributed by atoms with Gasteiger partial charge < -0.3 is 30.7 Å². The van der Waals surface area contributed by atoms with Crippen LogP contribution in [0.25, 0.3) is 30.4 Å². The topological polar surface area (TPSA) is 185 Å². The lowest BCUT2D eigenvalue weighted by Gasteiger charge is -2.38. The Hall–Kier alpha value is -7.10. The Morgan fingerprint density at radius 3 is 1.63 bits per heavy atom. The minimum atomic E-state index is -0.996. The molecule has 0 saturated carbocycles. The summed E-state index contributed by atoms with van der Waals surface area (Å²) in [6, 6.07) is 0. The van der Waals surface area contributed by atoms with Crippen molar-refractivity contribution in [1.82, 2.24) is 30.4 Å². The molecule has 0 aromatic carbocycles. The predicted molar refractivity (Wildman–Crippen MR) is 244 cm³/mol. The van der Waals surface area contributed by atoms with E-state index in [9.17, 15) is 28.8 Å². The molecule has 0 radical (unpaired) electrons. The van der Waals surface area contributed by atoms with Gasteiger partial charge >= 0.3 is 17.8 Å². The lowest BCUT2D eigenvalue weighted by molar-refractivity contribution is -0.837. The molecule has 16 heteroatoms. The highest BCUT2D eigenvalue weighted by atomic mass is 16.5. The van der Waals surface area contributed by atoms with Crippen molar-refractivity contribution in [3.05, 3.63) is 97.3 Å². The van der Waals surface area contributed by atoms with Gasteiger partial charge in [0.1, 0.15) is 0 Å². The Bertz CT molecular complexity index is 2890. The molecule has 338 valence electrons. The number of nitrogens with zero attached hydrogens (tertiary/aromatic N) is 4. The standard InChI is InChI=1S/C49H54N8O8/c1-9-31-27(3)35-23-36-29(5)33(11-13-43(58)50-19-21-52-45(60)15-17-47(62)64-7)41-26-42-34(12-14-44(59)51-20-22-53-46(61)16-18-48(63)65-8)30(6)38-25-40-32(10-2)28(4)37-24-39(31)54(35)49(55(37)40,56(36)41)57(38)42/h9-10,23-26H,1-2,11-22H2,3-8H3,(H2-2,50,51,52,53,58,59,60,61)/p+2. The quantitative estimate of drug-likeness (QED) is 0.0885. The summed E-state index contributed by atoms with van der Waals surface area (Å²) in [6.45, 7) is 18.0. The SMILES string of the molecule is C=Cc1c(C)c2n3c1C=c1c(C)c(C=C)c4n1C31[N+]3=C(C=4)C(C)=C(CCC(=O)NCCNC(=O)CCC(=O)OC)C3=CC3=[N+]1C(=C2)C(C)=C3CCC(=O)NCCNC(=O)CCC(=O)OC. The summed E-state index contributed by atoms with van der Waals surface area (Å²) in [5, 5.41) is 13.4. The minimum absolute atomic E-state index is 0.00900. The zero-order valence-corrected chi connectivity index (χ0v) is 37.9. The Labute approximate surface area is 376 Å². The van der Waals surface area contributed by atoms with E-state index in [1.54, 1.807) is 0 Å². The van der Waals surface area contributed by atoms with Crippen LogP contribution < -0.4 is 32.0 Å². The molecular weight excluding hydrogens is 829 g/mol. The number of carbonyl (C=O) groups is 6. The molecule has 4 N–H and O–H groups in total. The van der Waals surface area contributed by atoms with E-state index in [-0.39, 0.29) is 88.3 Å². The second-order valence-corrected chi connectivity index (χ2v) is 16.8. The molecule has 0 saturated heterocycles. The first-order valence-corrected chi connectivity index (χ1v) is 22.1. The molecule has 65 heavy (non-hydrogen) atoms. The van der Waals surface area contributed by atoms with Gasteiger partial charge in [-0.1, -0.05) is 34.5 Å². The third-order valence-electron chi connectivity index (χ3n) is 13.4. The first-order chi connectivity index (χ1) is 31.2. The van der Waals surface area contributed by atoms with Crippen LogP contribution in [0.15, 0.2) is 52.9 Å². The highest BCUT2D eigenvalue weighted by molar-refractivity contribution is 6.21. The fraction of sp³-hybridized carbons (Fsp3) is 0.388. The Morgan fingerprint density at radius 2 is 1.09 bits per heavy atom. The van der Waals surface area contributed by atoms with E-state index >= 15 is 0 Å². The van der Waals surface area contributed by atoms with E-state index in [0.717, 1.165) is 89.4 Å². The lowest BCUT2D eigenvalue weighted by Crippen LogP contribution is -2.70. The van der Waals surface area contributed by atoms with Crippen molar-refractivity contribution in [3.8, 4) is 0 Å². The fourth-order valence-electron chi connectivity index (χ4n) is 10.2. The zero-order chi connectivity index (χ0) is 46.5. The summed E-state index contributed by atoms with van der Waals surface area (Å²) in [4.78, 5) is 74.1. The lowest BCUT2D eigenvalue weighted by atomic mass is 9.96. The van der Waals surface area contributed by atoms with E-state index in [1.807, 2.05) is 12.2 Å². The molecule has 1 spiro atoms. The Kier molecular flexibility index (Phi) is 12.0. The van der Waals surface area contributed by atoms with Crippen LogP contribution in [-0.4, -0.2) is 106 Å². The number of aromatic nitrogens is 2. The van der Waals surface area contributed by atoms with Gasteiger partial charge in [-0.25, -0.2) is 0 Å². The van der Waals surface area contributed by atoms with E-state index in [2.05, 4.69) is 114 Å². The first-order valence-electron chi connectivity index (χ1n) is 22.1. The average Bonchev–Trinajstić information content (AvgIpc) is 3.94. The minimum Gasteiger partial charge on any atom is -0.469 e. The second-order valence-electron chi connectivity index (χ2n) is 16.8. The van der Waals surface area contributed by atoms with Crippen molar-refractivity contribution >= 4 is 77.4 Å². The molecule has 0 aliphatic carbocycles. The third kappa shape index (κ3) is 7.15. The number of methoxy groups -OCH3 is 2. The molecule has 16 nitrogen and oxygen atoms in total. The summed E-state index contributed by atoms with van der Waals surface area (Å²) >= 11 is 0. The van der Waals surface area contributed by atoms with Crippen LogP contribution in [0.4, 0.5) is 0 Å². The number of allylic oxidation sites excluding steroid dienone is 5. The number of esters is 2. The van der Waals surface area contributed by atoms with Gasteiger partial charge in [-0.3, -0.25) is 28.8 Å². The van der Waals surface area contributed by atoms with E-state index < -0.39 is 17.8 Å². The van der Waals surface area contributed by atoms with Crippen molar-refractivity contribution in [2.45, 2.75) is 85.0 Å². The number of nitrogens with one attached hydrogen (secondary N) is 4. The summed E-state index contributed by atoms with van der Waals surface area (Å²) in [5.41, 5.74) is 14.6. The predicted octanol–water partition coefficient (Wildman–Crippen LogP) is 2.00. The first kappa shape index (κ1) is 44.5. The fourth-order valence-corrected chi connectivity index (χ4v) is 10.2. The molecule has 0 fully saturated rings. The second kappa shape index (κ2) is 17.5. The maximum atomic E-state index is 13.4. The van der Waals surface area contributed by atoms with Gasteiger partial charge in [-0.15, -0.1) is 0 Å². The number of ether oxygens (including phenoxy) is 2. The molecule has 2 aromatic heterocycles. The largest absolute Gasteiger partial charge is 0.553 e. The zero-order valence-electron chi connectivity index (χ0n) is 37.9. The van der Waals surface area contributed by atoms with E-state index in [0.29, 0.717) is 12.8 Å². The van der Waals surface area contributed by atoms with Gasteiger partial charge in [0.15, 0.2) is 0 Å². The molecule has 1 unspecified atom stereocenters. The van der Waals surface area contributed by atoms with Gasteiger partial charge in [0, 0.05) is 97.4 Å². The number of carbonyl (C=O) groups excluding carboxylic acids is 6. The number of hydrogen-bond acceptors (Lipinski definition) is 8. The monoisotopic (exact) mass is 884 g/mol. The van der Waals surface area contributed by atoms with E-state index in [4.69, 9.17) is 0 Å². The molecule has 6 aliphatic rings. The highest BCUT2D eigenvalue weighted by Crippen LogP contribution is 2.51. The van der Waals surface area contributed by atoms with Crippen LogP contribution in [0.1, 0.15) is 98.9 Å². The van der Waals surface area contributed by atoms with Crippen molar-refractivity contribution in [1.29, 1.82) is 0 Å². The van der Waals surface area contributed by atoms with Crippen LogP contribution in [-0.2, 0) is 44.2 Å². The van der Waals surface area contributed by atoms with Gasteiger partial charge in [-0.2, -0.15) is 9.13 Å². The van der Waals surface area contributed by atoms with Crippen molar-refractivity contribution in [3.63, 3.8) is 0 Å². The summed E-state index contributed by atoms with van der Waals surface area (Å²) < 4.78 is 18.9. The molecular formula is C49H56N8O8+2. The summed E-state index contributed by atoms with van der Waals surface area (Å²) in [7, 11) is 2.56. The number of hydrogen-bond donors (Lipinski definition) is 4. The van der Waals surface area contributed by atoms with Gasteiger partial charge in [0.25, 0.3) is 0 Å². The van der Waals surface area contributed by atoms with Crippen molar-refractivity contribution < 1.29 is 47.4 Å². The van der Waals surface area contributed by atoms with Gasteiger partial charge in [0.05, 0.1) is 55.2 Å². The Morgan fingerprint density at radius 1 is 0.569 bits per heavy atom. The maximum absolute atomic E-state index is 13.4. The summed E-state index contributed by atoms with van der Waals surface area (Å²) in [6.07, 6.45) is 14.1. The normalized spacial score (nSPS) is 17.6. The number of amides is 4. The average molecular weight is 885 g/mol. The molecule has 4 amide bonds. The van der Waals surface area contributed by atoms with Crippen LogP contribution in [0.2, 0.25) is 0 Å². The van der Waals surface area contributed by atoms with Gasteiger partial charge in [-0.05, 0) is 57.7 Å². The molecule has 6 aliphatic heterocycles. The van der Waals surface area contributed by atoms with Crippen molar-refractivity contribution in [2.24, 2.45) is 0 Å². The van der Waals surface area contributed by atoms with Crippen molar-refractivity contribution in [2.75, 3.05) is 40.4 Å². The molecule has 2 aromatic rings. The van der Waals surface area contributed by atoms with Crippen LogP contribution in [0.3, 0.4) is 0 Å². The van der Waals surface area contributed by atoms with Crippen LogP contribution >= 0.6 is 0 Å². The highest BCUT2D eigenvalue weighted by Gasteiger charge is 2.73. The Balaban J connectivity index is 1.13. The molecule has 8 heterocycles. The van der Waals surface area contributed by atoms with Gasteiger partial charge in [0.2, 0.25) is 46.4 Å². The van der Waals surface area contributed by atoms with Crippen LogP contribution in [0.5, 0.6) is 0 Å².